The molecule has 58 valence electrons. The van der Waals surface area contributed by atoms with Crippen LogP contribution in [0.5, 0.6) is 0 Å². The van der Waals surface area contributed by atoms with Crippen molar-refractivity contribution in [2.24, 2.45) is 16.5 Å². The molecule has 0 rings (SSSR count). The molecule has 10 heavy (non-hydrogen) atoms. The molecular formula is C5H9Cl2N3. The third-order valence-electron chi connectivity index (χ3n) is 0.603. The van der Waals surface area contributed by atoms with Crippen molar-refractivity contribution in [2.45, 2.75) is 12.3 Å². The first-order chi connectivity index (χ1) is 4.52. The number of alkyl halides is 1. The number of halogens is 2. The van der Waals surface area contributed by atoms with Crippen LogP contribution in [0.4, 0.5) is 0 Å². The number of nitrogens with two attached hydrogens (primary N) is 2. The number of hydrogen-bond acceptors (Lipinski definition) is 1. The lowest BCUT2D eigenvalue weighted by molar-refractivity contribution is 1.20. The normalized spacial score (nSPS) is 14.5. The maximum absolute atomic E-state index is 5.54. The highest BCUT2D eigenvalue weighted by Gasteiger charge is 1.92. The van der Waals surface area contributed by atoms with Gasteiger partial charge in [0.15, 0.2) is 5.96 Å². The first kappa shape index (κ1) is 9.59. The fourth-order valence-corrected chi connectivity index (χ4v) is 0.821. The molecule has 0 amide bonds. The zero-order valence-electron chi connectivity index (χ0n) is 5.51. The quantitative estimate of drug-likeness (QED) is 0.289. The Kier molecular flexibility index (Phi) is 4.23. The molecule has 0 aromatic heterocycles. The zero-order valence-corrected chi connectivity index (χ0v) is 7.02. The lowest BCUT2D eigenvalue weighted by Gasteiger charge is -1.93. The van der Waals surface area contributed by atoms with Gasteiger partial charge in [0, 0.05) is 0 Å². The van der Waals surface area contributed by atoms with Crippen molar-refractivity contribution in [2.75, 3.05) is 0 Å². The van der Waals surface area contributed by atoms with Gasteiger partial charge in [-0.15, -0.1) is 11.6 Å². The zero-order chi connectivity index (χ0) is 8.15. The Morgan fingerprint density at radius 1 is 1.60 bits per heavy atom. The molecule has 5 heteroatoms. The molecular weight excluding hydrogens is 173 g/mol. The average Bonchev–Trinajstić information content (AvgIpc) is 1.58. The molecule has 0 radical (unpaired) electrons. The Morgan fingerprint density at radius 2 is 2.10 bits per heavy atom. The second-order valence-electron chi connectivity index (χ2n) is 1.70. The van der Waals surface area contributed by atoms with Crippen LogP contribution in [-0.2, 0) is 0 Å². The van der Waals surface area contributed by atoms with Gasteiger partial charge in [0.1, 0.15) is 5.16 Å². The minimum Gasteiger partial charge on any atom is -0.370 e. The Hall–Kier alpha value is -0.410. The fourth-order valence-electron chi connectivity index (χ4n) is 0.350. The van der Waals surface area contributed by atoms with Crippen LogP contribution in [0.1, 0.15) is 6.92 Å². The number of guanidine groups is 1. The monoisotopic (exact) mass is 181 g/mol. The van der Waals surface area contributed by atoms with E-state index in [-0.39, 0.29) is 16.5 Å². The van der Waals surface area contributed by atoms with E-state index in [9.17, 15) is 0 Å². The van der Waals surface area contributed by atoms with Crippen molar-refractivity contribution in [3.05, 3.63) is 11.2 Å². The summed E-state index contributed by atoms with van der Waals surface area (Å²) in [6, 6.07) is 0. The van der Waals surface area contributed by atoms with Gasteiger partial charge in [-0.2, -0.15) is 0 Å². The summed E-state index contributed by atoms with van der Waals surface area (Å²) in [5.74, 6) is -0.0708. The van der Waals surface area contributed by atoms with Gasteiger partial charge in [0.2, 0.25) is 0 Å². The van der Waals surface area contributed by atoms with Crippen molar-refractivity contribution < 1.29 is 0 Å². The molecule has 0 bridgehead atoms. The Labute approximate surface area is 69.7 Å². The summed E-state index contributed by atoms with van der Waals surface area (Å²) in [6.07, 6.45) is 1.53. The summed E-state index contributed by atoms with van der Waals surface area (Å²) in [6.45, 7) is 1.76. The van der Waals surface area contributed by atoms with Gasteiger partial charge in [-0.25, -0.2) is 4.99 Å². The van der Waals surface area contributed by atoms with Gasteiger partial charge in [0.25, 0.3) is 0 Å². The van der Waals surface area contributed by atoms with Gasteiger partial charge in [-0.05, 0) is 13.0 Å². The van der Waals surface area contributed by atoms with E-state index < -0.39 is 0 Å². The number of nitrogens with zero attached hydrogens (tertiary/aromatic N) is 1. The topological polar surface area (TPSA) is 64.4 Å². The van der Waals surface area contributed by atoms with E-state index in [2.05, 4.69) is 4.99 Å². The summed E-state index contributed by atoms with van der Waals surface area (Å²) in [5, 5.41) is 0.0399. The van der Waals surface area contributed by atoms with Crippen LogP contribution in [0.15, 0.2) is 16.2 Å². The molecule has 1 unspecified atom stereocenters. The van der Waals surface area contributed by atoms with E-state index >= 15 is 0 Å². The predicted octanol–water partition coefficient (Wildman–Crippen LogP) is 0.967. The molecule has 0 aliphatic rings. The highest BCUT2D eigenvalue weighted by atomic mass is 35.5. The van der Waals surface area contributed by atoms with E-state index in [0.29, 0.717) is 0 Å². The third kappa shape index (κ3) is 5.72. The summed E-state index contributed by atoms with van der Waals surface area (Å²) in [7, 11) is 0. The van der Waals surface area contributed by atoms with Gasteiger partial charge >= 0.3 is 0 Å². The average molecular weight is 182 g/mol. The number of aliphatic imine (C=N–C) groups is 1. The van der Waals surface area contributed by atoms with Crippen LogP contribution in [0, 0.1) is 0 Å². The predicted molar refractivity (Wildman–Crippen MR) is 45.1 cm³/mol. The summed E-state index contributed by atoms with van der Waals surface area (Å²) < 4.78 is 0. The fraction of sp³-hybridized carbons (Fsp3) is 0.400. The number of hydrogen-bond donors (Lipinski definition) is 2. The Morgan fingerprint density at radius 3 is 2.40 bits per heavy atom. The lowest BCUT2D eigenvalue weighted by atomic mass is 10.5. The molecule has 1 atom stereocenters. The van der Waals surface area contributed by atoms with E-state index in [1.54, 1.807) is 6.92 Å². The third-order valence-corrected chi connectivity index (χ3v) is 0.940. The van der Waals surface area contributed by atoms with Crippen molar-refractivity contribution >= 4 is 29.2 Å². The van der Waals surface area contributed by atoms with E-state index in [1.165, 1.54) is 6.08 Å². The van der Waals surface area contributed by atoms with Crippen LogP contribution >= 0.6 is 23.2 Å². The number of rotatable bonds is 2. The minimum atomic E-state index is -0.171. The molecule has 0 saturated heterocycles. The molecule has 0 spiro atoms. The minimum absolute atomic E-state index is 0.0708. The van der Waals surface area contributed by atoms with Crippen LogP contribution in [0.25, 0.3) is 0 Å². The maximum atomic E-state index is 5.54. The smallest absolute Gasteiger partial charge is 0.192 e. The summed E-state index contributed by atoms with van der Waals surface area (Å²) in [5.41, 5.74) is 10.1. The second-order valence-corrected chi connectivity index (χ2v) is 2.78. The van der Waals surface area contributed by atoms with E-state index in [1.807, 2.05) is 0 Å². The SMILES string of the molecule is CC(Cl)/C=C(/Cl)N=C(N)N. The molecule has 0 fully saturated rings. The van der Waals surface area contributed by atoms with E-state index in [0.717, 1.165) is 0 Å². The van der Waals surface area contributed by atoms with Gasteiger partial charge in [-0.1, -0.05) is 11.6 Å². The molecule has 0 aromatic carbocycles. The van der Waals surface area contributed by atoms with Crippen LogP contribution in [0.2, 0.25) is 0 Å². The van der Waals surface area contributed by atoms with Crippen LogP contribution in [0.3, 0.4) is 0 Å². The summed E-state index contributed by atoms with van der Waals surface area (Å²) >= 11 is 11.0. The number of allylic oxidation sites excluding steroid dienone is 1. The first-order valence-corrected chi connectivity index (χ1v) is 3.45. The molecule has 4 N–H and O–H groups in total. The second kappa shape index (κ2) is 4.41. The Bertz CT molecular complexity index is 158. The highest BCUT2D eigenvalue weighted by Crippen LogP contribution is 2.07. The molecule has 0 aliphatic carbocycles. The van der Waals surface area contributed by atoms with Gasteiger partial charge in [0.05, 0.1) is 5.38 Å². The Balaban J connectivity index is 4.08. The first-order valence-electron chi connectivity index (χ1n) is 2.63. The summed E-state index contributed by atoms with van der Waals surface area (Å²) in [4.78, 5) is 3.53. The van der Waals surface area contributed by atoms with Gasteiger partial charge < -0.3 is 11.5 Å². The van der Waals surface area contributed by atoms with E-state index in [4.69, 9.17) is 34.7 Å². The molecule has 0 heterocycles. The standard InChI is InChI=1S/C5H9Cl2N3/c1-3(6)2-4(7)10-5(8)9/h2-3H,1H3,(H4,8,9,10)/b4-2-. The molecule has 0 aliphatic heterocycles. The van der Waals surface area contributed by atoms with Crippen molar-refractivity contribution in [3.63, 3.8) is 0 Å². The van der Waals surface area contributed by atoms with Crippen LogP contribution < -0.4 is 11.5 Å². The van der Waals surface area contributed by atoms with Crippen molar-refractivity contribution in [1.82, 2.24) is 0 Å². The largest absolute Gasteiger partial charge is 0.370 e. The molecule has 0 saturated carbocycles. The molecule has 3 nitrogen and oxygen atoms in total. The molecule has 0 aromatic rings. The van der Waals surface area contributed by atoms with Crippen molar-refractivity contribution in [1.29, 1.82) is 0 Å². The lowest BCUT2D eigenvalue weighted by Crippen LogP contribution is -2.22. The highest BCUT2D eigenvalue weighted by molar-refractivity contribution is 6.31. The van der Waals surface area contributed by atoms with Crippen LogP contribution in [-0.4, -0.2) is 11.3 Å². The van der Waals surface area contributed by atoms with Crippen molar-refractivity contribution in [3.8, 4) is 0 Å². The maximum Gasteiger partial charge on any atom is 0.192 e. The van der Waals surface area contributed by atoms with Gasteiger partial charge in [-0.3, -0.25) is 0 Å².